The van der Waals surface area contributed by atoms with Gasteiger partial charge in [0.2, 0.25) is 0 Å². The van der Waals surface area contributed by atoms with Gasteiger partial charge < -0.3 is 9.88 Å². The van der Waals surface area contributed by atoms with Crippen LogP contribution >= 0.6 is 27.5 Å². The molecule has 2 aromatic rings. The molecule has 0 bridgehead atoms. The van der Waals surface area contributed by atoms with Crippen molar-refractivity contribution < 1.29 is 0 Å². The van der Waals surface area contributed by atoms with Crippen LogP contribution in [0.1, 0.15) is 6.42 Å². The Morgan fingerprint density at radius 3 is 3.12 bits per heavy atom. The van der Waals surface area contributed by atoms with Gasteiger partial charge in [-0.2, -0.15) is 0 Å². The molecule has 0 unspecified atom stereocenters. The van der Waals surface area contributed by atoms with Crippen LogP contribution in [0.4, 0.5) is 5.82 Å². The Bertz CT molecular complexity index is 565. The van der Waals surface area contributed by atoms with Gasteiger partial charge in [-0.15, -0.1) is 0 Å². The van der Waals surface area contributed by atoms with Gasteiger partial charge in [0.25, 0.3) is 0 Å². The number of halogens is 2. The lowest BCUT2D eigenvalue weighted by atomic mass is 10.2. The van der Waals surface area contributed by atoms with E-state index in [-0.39, 0.29) is 0 Å². The number of nitrogens with one attached hydrogen (secondary N) is 1. The molecule has 1 aliphatic rings. The molecule has 1 N–H and O–H groups in total. The van der Waals surface area contributed by atoms with Crippen molar-refractivity contribution in [2.75, 3.05) is 11.9 Å². The van der Waals surface area contributed by atoms with Gasteiger partial charge in [-0.3, -0.25) is 0 Å². The maximum absolute atomic E-state index is 6.02. The first-order valence-corrected chi connectivity index (χ1v) is 6.68. The van der Waals surface area contributed by atoms with E-state index in [0.717, 1.165) is 46.3 Å². The zero-order valence-corrected chi connectivity index (χ0v) is 11.4. The summed E-state index contributed by atoms with van der Waals surface area (Å²) in [5, 5.41) is 4.09. The summed E-state index contributed by atoms with van der Waals surface area (Å²) < 4.78 is 3.06. The summed E-state index contributed by atoms with van der Waals surface area (Å²) in [7, 11) is 0. The van der Waals surface area contributed by atoms with E-state index in [9.17, 15) is 0 Å². The highest BCUT2D eigenvalue weighted by molar-refractivity contribution is 9.10. The van der Waals surface area contributed by atoms with Crippen LogP contribution in [-0.4, -0.2) is 16.1 Å². The van der Waals surface area contributed by atoms with Gasteiger partial charge in [0.15, 0.2) is 0 Å². The molecular weight excluding hydrogens is 302 g/mol. The van der Waals surface area contributed by atoms with Crippen LogP contribution < -0.4 is 5.32 Å². The summed E-state index contributed by atoms with van der Waals surface area (Å²) in [6, 6.07) is 7.79. The Labute approximate surface area is 113 Å². The summed E-state index contributed by atoms with van der Waals surface area (Å²) in [5.74, 6) is 2.02. The smallest absolute Gasteiger partial charge is 0.149 e. The predicted octanol–water partition coefficient (Wildman–Crippen LogP) is 3.78. The number of fused-ring (bicyclic) bond motifs is 1. The summed E-state index contributed by atoms with van der Waals surface area (Å²) in [4.78, 5) is 4.56. The van der Waals surface area contributed by atoms with E-state index in [2.05, 4.69) is 30.8 Å². The van der Waals surface area contributed by atoms with E-state index in [1.54, 1.807) is 0 Å². The third-order valence-corrected chi connectivity index (χ3v) is 3.65. The molecular formula is C12H11BrClN3. The maximum Gasteiger partial charge on any atom is 0.149 e. The molecule has 1 aromatic heterocycles. The van der Waals surface area contributed by atoms with E-state index < -0.39 is 0 Å². The van der Waals surface area contributed by atoms with Crippen LogP contribution in [0.25, 0.3) is 11.4 Å². The van der Waals surface area contributed by atoms with Gasteiger partial charge in [-0.25, -0.2) is 4.98 Å². The lowest BCUT2D eigenvalue weighted by Gasteiger charge is -2.18. The Kier molecular flexibility index (Phi) is 2.84. The van der Waals surface area contributed by atoms with Gasteiger partial charge in [-0.05, 0) is 34.5 Å². The van der Waals surface area contributed by atoms with Crippen LogP contribution in [0.5, 0.6) is 0 Å². The van der Waals surface area contributed by atoms with Gasteiger partial charge in [0.05, 0.1) is 0 Å². The van der Waals surface area contributed by atoms with Gasteiger partial charge >= 0.3 is 0 Å². The van der Waals surface area contributed by atoms with Crippen molar-refractivity contribution in [3.63, 3.8) is 0 Å². The molecule has 0 fully saturated rings. The molecule has 0 atom stereocenters. The standard InChI is InChI=1S/C12H11BrClN3/c13-10-12-15-5-2-6-17(12)11(16-10)8-3-1-4-9(14)7-8/h1,3-4,7,15H,2,5-6H2. The zero-order chi connectivity index (χ0) is 11.8. The van der Waals surface area contributed by atoms with Crippen molar-refractivity contribution >= 4 is 33.3 Å². The Morgan fingerprint density at radius 1 is 1.41 bits per heavy atom. The molecule has 0 saturated carbocycles. The number of hydrogen-bond donors (Lipinski definition) is 1. The average molecular weight is 313 g/mol. The average Bonchev–Trinajstić information content (AvgIpc) is 2.68. The Morgan fingerprint density at radius 2 is 2.29 bits per heavy atom. The normalized spacial score (nSPS) is 14.2. The number of rotatable bonds is 1. The fourth-order valence-corrected chi connectivity index (χ4v) is 2.81. The lowest BCUT2D eigenvalue weighted by Crippen LogP contribution is -2.17. The molecule has 0 spiro atoms. The molecule has 0 saturated heterocycles. The molecule has 0 radical (unpaired) electrons. The summed E-state index contributed by atoms with van der Waals surface area (Å²) in [6.07, 6.45) is 1.11. The van der Waals surface area contributed by atoms with Crippen molar-refractivity contribution in [3.05, 3.63) is 33.9 Å². The minimum atomic E-state index is 0.736. The summed E-state index contributed by atoms with van der Waals surface area (Å²) >= 11 is 9.51. The maximum atomic E-state index is 6.02. The van der Waals surface area contributed by atoms with Gasteiger partial charge in [-0.1, -0.05) is 23.7 Å². The number of benzene rings is 1. The second-order valence-corrected chi connectivity index (χ2v) is 5.20. The van der Waals surface area contributed by atoms with Gasteiger partial charge in [0, 0.05) is 23.7 Å². The first-order valence-electron chi connectivity index (χ1n) is 5.51. The van der Waals surface area contributed by atoms with Crippen LogP contribution in [0, 0.1) is 0 Å². The van der Waals surface area contributed by atoms with E-state index in [0.29, 0.717) is 0 Å². The minimum absolute atomic E-state index is 0.736. The Balaban J connectivity index is 2.15. The SMILES string of the molecule is Clc1cccc(-c2nc(Br)c3n2CCCN3)c1. The highest BCUT2D eigenvalue weighted by Crippen LogP contribution is 2.32. The number of imidazole rings is 1. The summed E-state index contributed by atoms with van der Waals surface area (Å²) in [5.41, 5.74) is 1.05. The van der Waals surface area contributed by atoms with Crippen LogP contribution in [0.2, 0.25) is 5.02 Å². The van der Waals surface area contributed by atoms with E-state index in [4.69, 9.17) is 11.6 Å². The van der Waals surface area contributed by atoms with Crippen molar-refractivity contribution in [1.29, 1.82) is 0 Å². The minimum Gasteiger partial charge on any atom is -0.369 e. The molecule has 1 aromatic carbocycles. The summed E-state index contributed by atoms with van der Waals surface area (Å²) in [6.45, 7) is 1.99. The molecule has 88 valence electrons. The first kappa shape index (κ1) is 11.1. The molecule has 17 heavy (non-hydrogen) atoms. The highest BCUT2D eigenvalue weighted by Gasteiger charge is 2.19. The molecule has 3 nitrogen and oxygen atoms in total. The van der Waals surface area contributed by atoms with Crippen LogP contribution in [-0.2, 0) is 6.54 Å². The third kappa shape index (κ3) is 1.96. The van der Waals surface area contributed by atoms with Crippen molar-refractivity contribution in [2.24, 2.45) is 0 Å². The van der Waals surface area contributed by atoms with E-state index in [1.165, 1.54) is 0 Å². The van der Waals surface area contributed by atoms with E-state index >= 15 is 0 Å². The van der Waals surface area contributed by atoms with Crippen molar-refractivity contribution in [3.8, 4) is 11.4 Å². The first-order chi connectivity index (χ1) is 8.25. The Hall–Kier alpha value is -1.00. The quantitative estimate of drug-likeness (QED) is 0.868. The van der Waals surface area contributed by atoms with Crippen molar-refractivity contribution in [2.45, 2.75) is 13.0 Å². The number of nitrogens with zero attached hydrogens (tertiary/aromatic N) is 2. The second kappa shape index (κ2) is 4.35. The zero-order valence-electron chi connectivity index (χ0n) is 9.08. The monoisotopic (exact) mass is 311 g/mol. The largest absolute Gasteiger partial charge is 0.369 e. The third-order valence-electron chi connectivity index (χ3n) is 2.86. The number of anilines is 1. The molecule has 1 aliphatic heterocycles. The fraction of sp³-hybridized carbons (Fsp3) is 0.250. The topological polar surface area (TPSA) is 29.9 Å². The predicted molar refractivity (Wildman–Crippen MR) is 73.5 cm³/mol. The second-order valence-electron chi connectivity index (χ2n) is 4.02. The molecule has 5 heteroatoms. The van der Waals surface area contributed by atoms with Crippen molar-refractivity contribution in [1.82, 2.24) is 9.55 Å². The van der Waals surface area contributed by atoms with E-state index in [1.807, 2.05) is 24.3 Å². The molecule has 0 amide bonds. The molecule has 2 heterocycles. The lowest BCUT2D eigenvalue weighted by molar-refractivity contribution is 0.635. The van der Waals surface area contributed by atoms with Gasteiger partial charge in [0.1, 0.15) is 16.2 Å². The number of aromatic nitrogens is 2. The molecule has 0 aliphatic carbocycles. The molecule has 3 rings (SSSR count). The fourth-order valence-electron chi connectivity index (χ4n) is 2.10. The highest BCUT2D eigenvalue weighted by atomic mass is 79.9. The van der Waals surface area contributed by atoms with Crippen LogP contribution in [0.15, 0.2) is 28.9 Å². The number of hydrogen-bond acceptors (Lipinski definition) is 2. The van der Waals surface area contributed by atoms with Crippen LogP contribution in [0.3, 0.4) is 0 Å².